The highest BCUT2D eigenvalue weighted by atomic mass is 32.2. The predicted octanol–water partition coefficient (Wildman–Crippen LogP) is 2.93. The molecule has 32 heavy (non-hydrogen) atoms. The first kappa shape index (κ1) is 22.3. The van der Waals surface area contributed by atoms with Crippen LogP contribution in [0.3, 0.4) is 0 Å². The minimum atomic E-state index is -3.48. The van der Waals surface area contributed by atoms with Gasteiger partial charge in [0.05, 0.1) is 28.9 Å². The van der Waals surface area contributed by atoms with E-state index in [1.54, 1.807) is 24.5 Å². The van der Waals surface area contributed by atoms with E-state index in [1.807, 2.05) is 35.8 Å². The molecule has 0 aliphatic carbocycles. The Kier molecular flexibility index (Phi) is 6.76. The topological polar surface area (TPSA) is 93.5 Å². The molecule has 170 valence electrons. The number of imidazole rings is 1. The van der Waals surface area contributed by atoms with E-state index in [4.69, 9.17) is 4.74 Å². The van der Waals surface area contributed by atoms with Crippen LogP contribution in [0.5, 0.6) is 5.75 Å². The maximum absolute atomic E-state index is 12.8. The third-order valence-electron chi connectivity index (χ3n) is 5.62. The van der Waals surface area contributed by atoms with Crippen LogP contribution in [-0.4, -0.2) is 47.9 Å². The summed E-state index contributed by atoms with van der Waals surface area (Å²) in [6, 6.07) is 12.6. The van der Waals surface area contributed by atoms with E-state index >= 15 is 0 Å². The fraction of sp³-hybridized carbons (Fsp3) is 0.391. The van der Waals surface area contributed by atoms with E-state index in [0.29, 0.717) is 38.3 Å². The molecule has 1 fully saturated rings. The van der Waals surface area contributed by atoms with Gasteiger partial charge in [0.25, 0.3) is 0 Å². The van der Waals surface area contributed by atoms with Crippen LogP contribution >= 0.6 is 0 Å². The average molecular weight is 457 g/mol. The van der Waals surface area contributed by atoms with E-state index < -0.39 is 10.0 Å². The standard InChI is InChI=1S/C23H28N4O4S/c1-2-31-22-8-4-3-7-18(22)16-24-23(28)11-14-26-17-25-20-15-19(9-10-21(20)26)32(29,30)27-12-5-6-13-27/h3-4,7-10,15,17H,2,5-6,11-14,16H2,1H3,(H,24,28). The number of ether oxygens (including phenoxy) is 1. The predicted molar refractivity (Wildman–Crippen MR) is 122 cm³/mol. The lowest BCUT2D eigenvalue weighted by Gasteiger charge is -2.15. The van der Waals surface area contributed by atoms with Gasteiger partial charge in [0.2, 0.25) is 15.9 Å². The zero-order valence-electron chi connectivity index (χ0n) is 18.2. The molecule has 1 aliphatic rings. The van der Waals surface area contributed by atoms with Gasteiger partial charge in [0, 0.05) is 38.2 Å². The van der Waals surface area contributed by atoms with Gasteiger partial charge in [-0.1, -0.05) is 18.2 Å². The van der Waals surface area contributed by atoms with Gasteiger partial charge in [-0.2, -0.15) is 4.31 Å². The molecular formula is C23H28N4O4S. The fourth-order valence-corrected chi connectivity index (χ4v) is 5.45. The van der Waals surface area contributed by atoms with Gasteiger partial charge in [-0.25, -0.2) is 13.4 Å². The monoisotopic (exact) mass is 456 g/mol. The number of rotatable bonds is 9. The molecule has 1 aromatic heterocycles. The number of benzene rings is 2. The van der Waals surface area contributed by atoms with Crippen molar-refractivity contribution in [3.05, 3.63) is 54.4 Å². The number of aromatic nitrogens is 2. The highest BCUT2D eigenvalue weighted by Crippen LogP contribution is 2.24. The summed E-state index contributed by atoms with van der Waals surface area (Å²) in [6.45, 7) is 4.48. The first-order valence-corrected chi connectivity index (χ1v) is 12.4. The molecule has 9 heteroatoms. The minimum absolute atomic E-state index is 0.0774. The molecule has 0 atom stereocenters. The number of carbonyl (C=O) groups is 1. The van der Waals surface area contributed by atoms with Crippen LogP contribution in [0.2, 0.25) is 0 Å². The van der Waals surface area contributed by atoms with Crippen LogP contribution in [0.1, 0.15) is 31.7 Å². The van der Waals surface area contributed by atoms with Gasteiger partial charge in [0.1, 0.15) is 5.75 Å². The lowest BCUT2D eigenvalue weighted by Crippen LogP contribution is -2.27. The van der Waals surface area contributed by atoms with Crippen molar-refractivity contribution < 1.29 is 17.9 Å². The van der Waals surface area contributed by atoms with Crippen molar-refractivity contribution in [2.75, 3.05) is 19.7 Å². The highest BCUT2D eigenvalue weighted by molar-refractivity contribution is 7.89. The van der Waals surface area contributed by atoms with Gasteiger partial charge in [-0.05, 0) is 44.0 Å². The van der Waals surface area contributed by atoms with Crippen molar-refractivity contribution >= 4 is 27.0 Å². The lowest BCUT2D eigenvalue weighted by atomic mass is 10.2. The number of nitrogens with zero attached hydrogens (tertiary/aromatic N) is 3. The summed E-state index contributed by atoms with van der Waals surface area (Å²) in [5.41, 5.74) is 2.35. The Labute approximate surface area is 188 Å². The molecule has 1 N–H and O–H groups in total. The fourth-order valence-electron chi connectivity index (χ4n) is 3.91. The average Bonchev–Trinajstić information content (AvgIpc) is 3.47. The van der Waals surface area contributed by atoms with Gasteiger partial charge >= 0.3 is 0 Å². The van der Waals surface area contributed by atoms with E-state index in [9.17, 15) is 13.2 Å². The normalized spacial score (nSPS) is 14.7. The van der Waals surface area contributed by atoms with Gasteiger partial charge in [-0.3, -0.25) is 4.79 Å². The smallest absolute Gasteiger partial charge is 0.243 e. The van der Waals surface area contributed by atoms with Gasteiger partial charge in [-0.15, -0.1) is 0 Å². The second-order valence-electron chi connectivity index (χ2n) is 7.77. The first-order chi connectivity index (χ1) is 15.5. The Morgan fingerprint density at radius 3 is 2.72 bits per heavy atom. The van der Waals surface area contributed by atoms with Crippen molar-refractivity contribution in [1.82, 2.24) is 19.2 Å². The lowest BCUT2D eigenvalue weighted by molar-refractivity contribution is -0.121. The molecule has 0 spiro atoms. The number of amides is 1. The Hall–Kier alpha value is -2.91. The van der Waals surface area contributed by atoms with E-state index in [0.717, 1.165) is 29.7 Å². The number of hydrogen-bond donors (Lipinski definition) is 1. The number of hydrogen-bond acceptors (Lipinski definition) is 5. The summed E-state index contributed by atoms with van der Waals surface area (Å²) < 4.78 is 34.6. The van der Waals surface area contributed by atoms with E-state index in [1.165, 1.54) is 4.31 Å². The SMILES string of the molecule is CCOc1ccccc1CNC(=O)CCn1cnc2cc(S(=O)(=O)N3CCCC3)ccc21. The zero-order chi connectivity index (χ0) is 22.6. The maximum Gasteiger partial charge on any atom is 0.243 e. The second kappa shape index (κ2) is 9.70. The highest BCUT2D eigenvalue weighted by Gasteiger charge is 2.27. The van der Waals surface area contributed by atoms with Crippen molar-refractivity contribution in [1.29, 1.82) is 0 Å². The van der Waals surface area contributed by atoms with Gasteiger partial charge < -0.3 is 14.6 Å². The third-order valence-corrected chi connectivity index (χ3v) is 7.52. The molecule has 1 amide bonds. The van der Waals surface area contributed by atoms with E-state index in [-0.39, 0.29) is 17.2 Å². The maximum atomic E-state index is 12.8. The number of nitrogens with one attached hydrogen (secondary N) is 1. The quantitative estimate of drug-likeness (QED) is 0.534. The number of para-hydroxylation sites is 1. The van der Waals surface area contributed by atoms with Crippen LogP contribution in [0.15, 0.2) is 53.7 Å². The number of carbonyl (C=O) groups excluding carboxylic acids is 1. The van der Waals surface area contributed by atoms with Crippen molar-refractivity contribution in [2.24, 2.45) is 0 Å². The Morgan fingerprint density at radius 2 is 1.94 bits per heavy atom. The molecule has 8 nitrogen and oxygen atoms in total. The molecule has 0 radical (unpaired) electrons. The van der Waals surface area contributed by atoms with Crippen molar-refractivity contribution in [2.45, 2.75) is 44.2 Å². The van der Waals surface area contributed by atoms with Crippen molar-refractivity contribution in [3.63, 3.8) is 0 Å². The van der Waals surface area contributed by atoms with Crippen LogP contribution in [0.4, 0.5) is 0 Å². The first-order valence-electron chi connectivity index (χ1n) is 10.9. The molecule has 4 rings (SSSR count). The summed E-state index contributed by atoms with van der Waals surface area (Å²) in [7, 11) is -3.48. The summed E-state index contributed by atoms with van der Waals surface area (Å²) in [5.74, 6) is 0.696. The summed E-state index contributed by atoms with van der Waals surface area (Å²) >= 11 is 0. The molecular weight excluding hydrogens is 428 g/mol. The van der Waals surface area contributed by atoms with Crippen molar-refractivity contribution in [3.8, 4) is 5.75 Å². The largest absolute Gasteiger partial charge is 0.494 e. The zero-order valence-corrected chi connectivity index (χ0v) is 19.0. The molecule has 3 aromatic rings. The summed E-state index contributed by atoms with van der Waals surface area (Å²) in [4.78, 5) is 17.0. The molecule has 2 heterocycles. The molecule has 0 bridgehead atoms. The van der Waals surface area contributed by atoms with Crippen LogP contribution < -0.4 is 10.1 Å². The minimum Gasteiger partial charge on any atom is -0.494 e. The van der Waals surface area contributed by atoms with E-state index in [2.05, 4.69) is 10.3 Å². The third kappa shape index (κ3) is 4.78. The molecule has 2 aromatic carbocycles. The number of sulfonamides is 1. The molecule has 1 aliphatic heterocycles. The van der Waals surface area contributed by atoms with Crippen LogP contribution in [-0.2, 0) is 27.9 Å². The number of fused-ring (bicyclic) bond motifs is 1. The summed E-state index contributed by atoms with van der Waals surface area (Å²) in [6.07, 6.45) is 3.73. The number of aryl methyl sites for hydroxylation is 1. The molecule has 0 saturated carbocycles. The van der Waals surface area contributed by atoms with Crippen LogP contribution in [0, 0.1) is 0 Å². The Bertz CT molecular complexity index is 1200. The Balaban J connectivity index is 1.38. The molecule has 0 unspecified atom stereocenters. The molecule has 1 saturated heterocycles. The summed E-state index contributed by atoms with van der Waals surface area (Å²) in [5, 5.41) is 2.93. The van der Waals surface area contributed by atoms with Crippen LogP contribution in [0.25, 0.3) is 11.0 Å². The Morgan fingerprint density at radius 1 is 1.16 bits per heavy atom. The second-order valence-corrected chi connectivity index (χ2v) is 9.71. The van der Waals surface area contributed by atoms with Gasteiger partial charge in [0.15, 0.2) is 0 Å².